The lowest BCUT2D eigenvalue weighted by Gasteiger charge is -2.14. The van der Waals surface area contributed by atoms with Gasteiger partial charge in [0.1, 0.15) is 5.70 Å². The van der Waals surface area contributed by atoms with Crippen LogP contribution in [-0.4, -0.2) is 37.4 Å². The molecule has 0 bridgehead atoms. The molecule has 0 atom stereocenters. The van der Waals surface area contributed by atoms with Crippen molar-refractivity contribution < 1.29 is 9.59 Å². The molecule has 1 heterocycles. The van der Waals surface area contributed by atoms with Crippen LogP contribution in [0.3, 0.4) is 0 Å². The highest BCUT2D eigenvalue weighted by Gasteiger charge is 2.38. The van der Waals surface area contributed by atoms with E-state index in [1.54, 1.807) is 6.92 Å². The average Bonchev–Trinajstić information content (AvgIpc) is 2.86. The van der Waals surface area contributed by atoms with E-state index >= 15 is 0 Å². The van der Waals surface area contributed by atoms with Crippen LogP contribution in [0, 0.1) is 0 Å². The van der Waals surface area contributed by atoms with Crippen molar-refractivity contribution in [2.24, 2.45) is 0 Å². The van der Waals surface area contributed by atoms with Gasteiger partial charge < -0.3 is 10.2 Å². The lowest BCUT2D eigenvalue weighted by molar-refractivity contribution is -0.136. The third kappa shape index (κ3) is 3.13. The number of hydrogen-bond acceptors (Lipinski definition) is 4. The Bertz CT molecular complexity index is 824. The van der Waals surface area contributed by atoms with E-state index in [4.69, 9.17) is 0 Å². The maximum Gasteiger partial charge on any atom is 0.278 e. The summed E-state index contributed by atoms with van der Waals surface area (Å²) in [4.78, 5) is 28.6. The second-order valence-electron chi connectivity index (χ2n) is 6.04. The van der Waals surface area contributed by atoms with Gasteiger partial charge in [-0.3, -0.25) is 14.5 Å². The van der Waals surface area contributed by atoms with E-state index in [9.17, 15) is 9.59 Å². The minimum Gasteiger partial charge on any atom is -0.378 e. The highest BCUT2D eigenvalue weighted by atomic mass is 16.2. The maximum atomic E-state index is 12.7. The maximum absolute atomic E-state index is 12.7. The molecule has 0 radical (unpaired) electrons. The van der Waals surface area contributed by atoms with Gasteiger partial charge in [0.2, 0.25) is 0 Å². The first kappa shape index (κ1) is 16.8. The number of benzene rings is 2. The first-order chi connectivity index (χ1) is 12.0. The molecule has 1 N–H and O–H groups in total. The molecule has 1 aliphatic rings. The van der Waals surface area contributed by atoms with Crippen molar-refractivity contribution >= 4 is 28.8 Å². The first-order valence-electron chi connectivity index (χ1n) is 8.23. The van der Waals surface area contributed by atoms with Gasteiger partial charge in [0, 0.05) is 32.0 Å². The Labute approximate surface area is 147 Å². The second-order valence-corrected chi connectivity index (χ2v) is 6.04. The summed E-state index contributed by atoms with van der Waals surface area (Å²) in [7, 11) is 3.94. The Morgan fingerprint density at radius 3 is 2.12 bits per heavy atom. The molecule has 5 heteroatoms. The molecule has 0 spiro atoms. The largest absolute Gasteiger partial charge is 0.378 e. The van der Waals surface area contributed by atoms with Gasteiger partial charge in [0.15, 0.2) is 0 Å². The predicted octanol–water partition coefficient (Wildman–Crippen LogP) is 2.96. The Morgan fingerprint density at radius 2 is 1.56 bits per heavy atom. The fourth-order valence-electron chi connectivity index (χ4n) is 2.84. The van der Waals surface area contributed by atoms with E-state index in [2.05, 4.69) is 5.32 Å². The summed E-state index contributed by atoms with van der Waals surface area (Å²) in [6.45, 7) is 2.14. The van der Waals surface area contributed by atoms with E-state index in [1.165, 1.54) is 4.90 Å². The quantitative estimate of drug-likeness (QED) is 0.854. The number of carbonyl (C=O) groups is 2. The molecule has 2 aromatic carbocycles. The standard InChI is InChI=1S/C20H21N3O2/c1-4-23-19(24)17(14-8-6-5-7-9-14)18(20(23)25)21-15-10-12-16(13-11-15)22(2)3/h5-13,21H,4H2,1-3H3. The Morgan fingerprint density at radius 1 is 0.920 bits per heavy atom. The van der Waals surface area contributed by atoms with Crippen LogP contribution < -0.4 is 10.2 Å². The monoisotopic (exact) mass is 335 g/mol. The van der Waals surface area contributed by atoms with Gasteiger partial charge in [-0.25, -0.2) is 0 Å². The first-order valence-corrected chi connectivity index (χ1v) is 8.23. The van der Waals surface area contributed by atoms with Crippen molar-refractivity contribution in [1.29, 1.82) is 0 Å². The smallest absolute Gasteiger partial charge is 0.278 e. The van der Waals surface area contributed by atoms with Gasteiger partial charge in [0.05, 0.1) is 5.57 Å². The predicted molar refractivity (Wildman–Crippen MR) is 100 cm³/mol. The number of nitrogens with zero attached hydrogens (tertiary/aromatic N) is 2. The van der Waals surface area contributed by atoms with E-state index in [0.717, 1.165) is 16.9 Å². The van der Waals surface area contributed by atoms with Crippen LogP contribution in [0.5, 0.6) is 0 Å². The molecule has 3 rings (SSSR count). The summed E-state index contributed by atoms with van der Waals surface area (Å²) in [6.07, 6.45) is 0. The molecule has 0 aliphatic carbocycles. The Kier molecular flexibility index (Phi) is 4.57. The summed E-state index contributed by atoms with van der Waals surface area (Å²) >= 11 is 0. The van der Waals surface area contributed by atoms with Gasteiger partial charge in [-0.15, -0.1) is 0 Å². The summed E-state index contributed by atoms with van der Waals surface area (Å²) in [5.74, 6) is -0.547. The van der Waals surface area contributed by atoms with Crippen LogP contribution >= 0.6 is 0 Å². The van der Waals surface area contributed by atoms with Crippen LogP contribution in [-0.2, 0) is 9.59 Å². The highest BCUT2D eigenvalue weighted by Crippen LogP contribution is 2.30. The van der Waals surface area contributed by atoms with Crippen molar-refractivity contribution in [2.75, 3.05) is 30.9 Å². The Hall–Kier alpha value is -3.08. The minimum absolute atomic E-state index is 0.258. The minimum atomic E-state index is -0.289. The number of anilines is 2. The summed E-state index contributed by atoms with van der Waals surface area (Å²) in [6, 6.07) is 17.0. The van der Waals surface area contributed by atoms with Gasteiger partial charge in [0.25, 0.3) is 11.8 Å². The van der Waals surface area contributed by atoms with Gasteiger partial charge in [-0.05, 0) is 36.8 Å². The van der Waals surface area contributed by atoms with E-state index in [0.29, 0.717) is 17.8 Å². The zero-order chi connectivity index (χ0) is 18.0. The second kappa shape index (κ2) is 6.81. The van der Waals surface area contributed by atoms with Crippen LogP contribution in [0.25, 0.3) is 5.57 Å². The van der Waals surface area contributed by atoms with E-state index in [1.807, 2.05) is 73.6 Å². The van der Waals surface area contributed by atoms with Gasteiger partial charge >= 0.3 is 0 Å². The molecule has 25 heavy (non-hydrogen) atoms. The summed E-state index contributed by atoms with van der Waals surface area (Å²) in [5, 5.41) is 3.15. The number of nitrogens with one attached hydrogen (secondary N) is 1. The number of imide groups is 1. The molecule has 0 saturated heterocycles. The van der Waals surface area contributed by atoms with Gasteiger partial charge in [-0.2, -0.15) is 0 Å². The molecule has 2 aromatic rings. The molecule has 0 aromatic heterocycles. The zero-order valence-electron chi connectivity index (χ0n) is 14.6. The number of hydrogen-bond donors (Lipinski definition) is 1. The molecule has 128 valence electrons. The molecule has 5 nitrogen and oxygen atoms in total. The molecule has 1 aliphatic heterocycles. The summed E-state index contributed by atoms with van der Waals surface area (Å²) < 4.78 is 0. The SMILES string of the molecule is CCN1C(=O)C(Nc2ccc(N(C)C)cc2)=C(c2ccccc2)C1=O. The molecular weight excluding hydrogens is 314 g/mol. The fraction of sp³-hybridized carbons (Fsp3) is 0.200. The normalized spacial score (nSPS) is 14.3. The van der Waals surface area contributed by atoms with Crippen molar-refractivity contribution in [3.63, 3.8) is 0 Å². The number of rotatable bonds is 5. The average molecular weight is 335 g/mol. The third-order valence-electron chi connectivity index (χ3n) is 4.20. The topological polar surface area (TPSA) is 52.7 Å². The molecule has 0 unspecified atom stereocenters. The highest BCUT2D eigenvalue weighted by molar-refractivity contribution is 6.36. The molecule has 2 amide bonds. The lowest BCUT2D eigenvalue weighted by atomic mass is 10.0. The molecular formula is C20H21N3O2. The van der Waals surface area contributed by atoms with Crippen molar-refractivity contribution in [2.45, 2.75) is 6.92 Å². The summed E-state index contributed by atoms with van der Waals surface area (Å²) in [5.41, 5.74) is 3.32. The number of amides is 2. The molecule has 0 fully saturated rings. The van der Waals surface area contributed by atoms with Crippen LogP contribution in [0.4, 0.5) is 11.4 Å². The van der Waals surface area contributed by atoms with E-state index in [-0.39, 0.29) is 11.8 Å². The lowest BCUT2D eigenvalue weighted by Crippen LogP contribution is -2.32. The van der Waals surface area contributed by atoms with E-state index < -0.39 is 0 Å². The Balaban J connectivity index is 2.01. The van der Waals surface area contributed by atoms with Crippen LogP contribution in [0.1, 0.15) is 12.5 Å². The third-order valence-corrected chi connectivity index (χ3v) is 4.20. The van der Waals surface area contributed by atoms with Crippen molar-refractivity contribution in [3.05, 3.63) is 65.9 Å². The van der Waals surface area contributed by atoms with Crippen molar-refractivity contribution in [3.8, 4) is 0 Å². The number of likely N-dealkylation sites (N-methyl/N-ethyl adjacent to an activating group) is 1. The van der Waals surface area contributed by atoms with Crippen LogP contribution in [0.15, 0.2) is 60.3 Å². The van der Waals surface area contributed by atoms with Crippen LogP contribution in [0.2, 0.25) is 0 Å². The van der Waals surface area contributed by atoms with Gasteiger partial charge in [-0.1, -0.05) is 30.3 Å². The van der Waals surface area contributed by atoms with Crippen molar-refractivity contribution in [1.82, 2.24) is 4.90 Å². The zero-order valence-corrected chi connectivity index (χ0v) is 14.6. The molecule has 0 saturated carbocycles. The fourth-order valence-corrected chi connectivity index (χ4v) is 2.84. The number of carbonyl (C=O) groups excluding carboxylic acids is 2.